The van der Waals surface area contributed by atoms with E-state index in [4.69, 9.17) is 0 Å². The van der Waals surface area contributed by atoms with Crippen molar-refractivity contribution in [3.63, 3.8) is 0 Å². The van der Waals surface area contributed by atoms with Gasteiger partial charge in [0.2, 0.25) is 5.91 Å². The van der Waals surface area contributed by atoms with E-state index in [9.17, 15) is 14.7 Å². The van der Waals surface area contributed by atoms with Crippen LogP contribution >= 0.6 is 0 Å². The van der Waals surface area contributed by atoms with Crippen molar-refractivity contribution in [2.24, 2.45) is 11.8 Å². The van der Waals surface area contributed by atoms with Crippen LogP contribution in [0.5, 0.6) is 0 Å². The van der Waals surface area contributed by atoms with Gasteiger partial charge in [-0.25, -0.2) is 0 Å². The maximum absolute atomic E-state index is 13.2. The van der Waals surface area contributed by atoms with E-state index in [1.54, 1.807) is 6.20 Å². The molecule has 1 aliphatic carbocycles. The Morgan fingerprint density at radius 3 is 2.44 bits per heavy atom. The Kier molecular flexibility index (Phi) is 8.70. The molecule has 0 aliphatic heterocycles. The Labute approximate surface area is 213 Å². The predicted octanol–water partition coefficient (Wildman–Crippen LogP) is 4.66. The van der Waals surface area contributed by atoms with Crippen molar-refractivity contribution in [3.8, 4) is 0 Å². The molecule has 4 rings (SSSR count). The van der Waals surface area contributed by atoms with Crippen LogP contribution in [0.2, 0.25) is 0 Å². The number of carbonyl (C=O) groups is 2. The monoisotopic (exact) mass is 487 g/mol. The highest BCUT2D eigenvalue weighted by Gasteiger charge is 2.31. The molecule has 3 atom stereocenters. The molecule has 1 aliphatic rings. The van der Waals surface area contributed by atoms with Gasteiger partial charge in [-0.1, -0.05) is 62.4 Å². The molecule has 1 saturated carbocycles. The minimum atomic E-state index is -0.876. The van der Waals surface area contributed by atoms with Gasteiger partial charge in [-0.15, -0.1) is 0 Å². The number of amides is 2. The van der Waals surface area contributed by atoms with Gasteiger partial charge in [-0.2, -0.15) is 0 Å². The molecular weight excluding hydrogens is 450 g/mol. The number of hydrogen-bond donors (Lipinski definition) is 3. The second kappa shape index (κ2) is 12.1. The van der Waals surface area contributed by atoms with Gasteiger partial charge in [0, 0.05) is 23.5 Å². The summed E-state index contributed by atoms with van der Waals surface area (Å²) in [5.41, 5.74) is 2.28. The van der Waals surface area contributed by atoms with E-state index in [1.807, 2.05) is 60.7 Å². The molecule has 0 bridgehead atoms. The van der Waals surface area contributed by atoms with Gasteiger partial charge >= 0.3 is 0 Å². The number of nitrogens with zero attached hydrogens (tertiary/aromatic N) is 1. The first kappa shape index (κ1) is 25.8. The Morgan fingerprint density at radius 1 is 1.03 bits per heavy atom. The molecule has 1 heterocycles. The van der Waals surface area contributed by atoms with Crippen LogP contribution in [0, 0.1) is 11.8 Å². The average molecular weight is 488 g/mol. The minimum absolute atomic E-state index is 0.0102. The van der Waals surface area contributed by atoms with E-state index >= 15 is 0 Å². The second-order valence-corrected chi connectivity index (χ2v) is 10.5. The summed E-state index contributed by atoms with van der Waals surface area (Å²) in [6.45, 7) is 4.18. The molecule has 0 saturated heterocycles. The SMILES string of the molecule is CC(C)C[C@H](C[C@H](O)[C@H](Cc1ccccc1)NC(=O)c1cnc2ccccc2c1)C(=O)NC1CCC1. The maximum Gasteiger partial charge on any atom is 0.253 e. The van der Waals surface area contributed by atoms with Crippen LogP contribution < -0.4 is 10.6 Å². The normalized spacial score (nSPS) is 16.2. The van der Waals surface area contributed by atoms with Gasteiger partial charge in [0.25, 0.3) is 5.91 Å². The number of benzene rings is 2. The largest absolute Gasteiger partial charge is 0.391 e. The number of aliphatic hydroxyl groups is 1. The number of aromatic nitrogens is 1. The fourth-order valence-electron chi connectivity index (χ4n) is 4.80. The molecular formula is C30H37N3O3. The lowest BCUT2D eigenvalue weighted by Gasteiger charge is -2.31. The summed E-state index contributed by atoms with van der Waals surface area (Å²) in [6, 6.07) is 19.0. The number of para-hydroxylation sites is 1. The standard InChI is InChI=1S/C30H37N3O3/c1-20(2)15-23(29(35)32-25-12-8-13-25)18-28(34)27(16-21-9-4-3-5-10-21)33-30(36)24-17-22-11-6-7-14-26(22)31-19-24/h3-7,9-11,14,17,19-20,23,25,27-28,34H,8,12-13,15-16,18H2,1-2H3,(H,32,35)(H,33,36)/t23-,27+,28+/m1/s1. The molecule has 1 fully saturated rings. The van der Waals surface area contributed by atoms with Gasteiger partial charge in [0.15, 0.2) is 0 Å². The smallest absolute Gasteiger partial charge is 0.253 e. The van der Waals surface area contributed by atoms with Crippen molar-refractivity contribution in [1.29, 1.82) is 0 Å². The predicted molar refractivity (Wildman–Crippen MR) is 142 cm³/mol. The van der Waals surface area contributed by atoms with E-state index < -0.39 is 12.1 Å². The number of nitrogens with one attached hydrogen (secondary N) is 2. The number of rotatable bonds is 11. The molecule has 6 nitrogen and oxygen atoms in total. The molecule has 36 heavy (non-hydrogen) atoms. The lowest BCUT2D eigenvalue weighted by Crippen LogP contribution is -2.48. The zero-order valence-electron chi connectivity index (χ0n) is 21.2. The first-order chi connectivity index (χ1) is 17.4. The van der Waals surface area contributed by atoms with E-state index in [-0.39, 0.29) is 23.8 Å². The number of hydrogen-bond acceptors (Lipinski definition) is 4. The van der Waals surface area contributed by atoms with Gasteiger partial charge < -0.3 is 15.7 Å². The first-order valence-corrected chi connectivity index (χ1v) is 13.1. The molecule has 3 N–H and O–H groups in total. The zero-order valence-corrected chi connectivity index (χ0v) is 21.2. The van der Waals surface area contributed by atoms with Gasteiger partial charge in [0.05, 0.1) is 23.2 Å². The summed E-state index contributed by atoms with van der Waals surface area (Å²) in [5.74, 6) is -0.262. The summed E-state index contributed by atoms with van der Waals surface area (Å²) >= 11 is 0. The fourth-order valence-corrected chi connectivity index (χ4v) is 4.80. The Balaban J connectivity index is 1.51. The maximum atomic E-state index is 13.2. The van der Waals surface area contributed by atoms with E-state index in [2.05, 4.69) is 29.5 Å². The lowest BCUT2D eigenvalue weighted by atomic mass is 9.86. The van der Waals surface area contributed by atoms with E-state index in [0.29, 0.717) is 30.7 Å². The highest BCUT2D eigenvalue weighted by Crippen LogP contribution is 2.24. The van der Waals surface area contributed by atoms with E-state index in [1.165, 1.54) is 0 Å². The lowest BCUT2D eigenvalue weighted by molar-refractivity contribution is -0.128. The number of aliphatic hydroxyl groups excluding tert-OH is 1. The fraction of sp³-hybridized carbons (Fsp3) is 0.433. The van der Waals surface area contributed by atoms with Crippen LogP contribution in [-0.2, 0) is 11.2 Å². The molecule has 2 amide bonds. The summed E-state index contributed by atoms with van der Waals surface area (Å²) in [5, 5.41) is 18.4. The quantitative estimate of drug-likeness (QED) is 0.367. The average Bonchev–Trinajstić information content (AvgIpc) is 2.85. The molecule has 190 valence electrons. The van der Waals surface area contributed by atoms with Crippen LogP contribution in [0.4, 0.5) is 0 Å². The highest BCUT2D eigenvalue weighted by atomic mass is 16.3. The van der Waals surface area contributed by atoms with Crippen molar-refractivity contribution in [2.45, 2.75) is 70.6 Å². The Hall–Kier alpha value is -3.25. The van der Waals surface area contributed by atoms with Crippen molar-refractivity contribution in [2.75, 3.05) is 0 Å². The van der Waals surface area contributed by atoms with Crippen molar-refractivity contribution < 1.29 is 14.7 Å². The van der Waals surface area contributed by atoms with Crippen molar-refractivity contribution in [1.82, 2.24) is 15.6 Å². The Bertz CT molecular complexity index is 1160. The van der Waals surface area contributed by atoms with Gasteiger partial charge in [-0.05, 0) is 62.1 Å². The number of pyridine rings is 1. The number of fused-ring (bicyclic) bond motifs is 1. The number of carbonyl (C=O) groups excluding carboxylic acids is 2. The van der Waals surface area contributed by atoms with Crippen molar-refractivity contribution in [3.05, 3.63) is 78.0 Å². The van der Waals surface area contributed by atoms with Gasteiger partial charge in [-0.3, -0.25) is 14.6 Å². The highest BCUT2D eigenvalue weighted by molar-refractivity contribution is 5.97. The first-order valence-electron chi connectivity index (χ1n) is 13.1. The molecule has 0 radical (unpaired) electrons. The van der Waals surface area contributed by atoms with E-state index in [0.717, 1.165) is 35.7 Å². The van der Waals surface area contributed by atoms with Crippen LogP contribution in [0.1, 0.15) is 61.9 Å². The van der Waals surface area contributed by atoms with Crippen molar-refractivity contribution >= 4 is 22.7 Å². The molecule has 6 heteroatoms. The summed E-state index contributed by atoms with van der Waals surface area (Å²) in [7, 11) is 0. The molecule has 2 aromatic carbocycles. The van der Waals surface area contributed by atoms with Gasteiger partial charge in [0.1, 0.15) is 0 Å². The Morgan fingerprint density at radius 2 is 1.75 bits per heavy atom. The summed E-state index contributed by atoms with van der Waals surface area (Å²) in [4.78, 5) is 30.7. The molecule has 3 aromatic rings. The third kappa shape index (κ3) is 6.91. The molecule has 1 aromatic heterocycles. The summed E-state index contributed by atoms with van der Waals surface area (Å²) in [6.07, 6.45) is 5.34. The third-order valence-corrected chi connectivity index (χ3v) is 7.04. The summed E-state index contributed by atoms with van der Waals surface area (Å²) < 4.78 is 0. The third-order valence-electron chi connectivity index (χ3n) is 7.04. The van der Waals surface area contributed by atoms with Crippen LogP contribution in [0.25, 0.3) is 10.9 Å². The minimum Gasteiger partial charge on any atom is -0.391 e. The van der Waals surface area contributed by atoms with Crippen LogP contribution in [0.15, 0.2) is 66.9 Å². The molecule has 0 spiro atoms. The van der Waals surface area contributed by atoms with Crippen LogP contribution in [0.3, 0.4) is 0 Å². The zero-order chi connectivity index (χ0) is 25.5. The topological polar surface area (TPSA) is 91.3 Å². The van der Waals surface area contributed by atoms with Crippen LogP contribution in [-0.4, -0.2) is 40.1 Å². The molecule has 0 unspecified atom stereocenters. The second-order valence-electron chi connectivity index (χ2n) is 10.5.